The number of carbonyl (C=O) groups excluding carboxylic acids is 4. The van der Waals surface area contributed by atoms with E-state index < -0.39 is 58.4 Å². The van der Waals surface area contributed by atoms with Crippen LogP contribution in [0.2, 0.25) is 5.02 Å². The predicted molar refractivity (Wildman–Crippen MR) is 223 cm³/mol. The Kier molecular flexibility index (Phi) is 9.00. The minimum atomic E-state index is -1.46. The molecule has 0 bridgehead atoms. The number of hydrogen-bond donors (Lipinski definition) is 1. The second-order valence-corrected chi connectivity index (χ2v) is 18.6. The molecular weight excluding hydrogens is 789 g/mol. The molecule has 2 aliphatic carbocycles. The quantitative estimate of drug-likeness (QED) is 0.136. The van der Waals surface area contributed by atoms with Crippen molar-refractivity contribution in [2.75, 3.05) is 18.0 Å². The number of anilines is 1. The molecule has 3 aromatic carbocycles. The van der Waals surface area contributed by atoms with Gasteiger partial charge in [-0.1, -0.05) is 65.7 Å². The second kappa shape index (κ2) is 14.0. The van der Waals surface area contributed by atoms with E-state index in [9.17, 15) is 19.5 Å². The number of amides is 4. The van der Waals surface area contributed by atoms with E-state index in [1.165, 1.54) is 26.1 Å². The van der Waals surface area contributed by atoms with E-state index in [4.69, 9.17) is 16.7 Å². The number of rotatable bonds is 6. The van der Waals surface area contributed by atoms with Crippen LogP contribution in [0.1, 0.15) is 55.2 Å². The number of para-hydroxylation sites is 1. The summed E-state index contributed by atoms with van der Waals surface area (Å²) in [5.41, 5.74) is 2.21. The van der Waals surface area contributed by atoms with E-state index in [1.54, 1.807) is 37.4 Å². The average molecular weight is 832 g/mol. The first kappa shape index (κ1) is 38.1. The van der Waals surface area contributed by atoms with Gasteiger partial charge in [0.15, 0.2) is 11.6 Å². The topological polar surface area (TPSA) is 116 Å². The lowest BCUT2D eigenvalue weighted by Gasteiger charge is -2.49. The minimum Gasteiger partial charge on any atom is -0.505 e. The van der Waals surface area contributed by atoms with Crippen LogP contribution in [-0.2, 0) is 32.8 Å². The van der Waals surface area contributed by atoms with Crippen molar-refractivity contribution in [3.63, 3.8) is 0 Å². The van der Waals surface area contributed by atoms with Crippen molar-refractivity contribution in [1.82, 2.24) is 19.6 Å². The maximum atomic E-state index is 15.3. The van der Waals surface area contributed by atoms with Crippen LogP contribution in [0.4, 0.5) is 10.2 Å². The standard InChI is InChI=1S/C46H43ClFN5O5S/c1-24-31-20-26(47)12-15-36(31)59-41(24)35-22-37(50(3)49-35)53-43(56)33-21-32-28(39(46(33,2)45(53)58)30-10-7-11-34(48)40(30)54)13-14-29-38(32)44(57)52(42(29)55)27-16-18-51(19-17-27)23-25-8-5-4-6-9-25/h4-13,15,20,22,27,29,32-33,38-39,54H,14,16-19,21,23H2,1-3H3. The van der Waals surface area contributed by atoms with Gasteiger partial charge in [-0.05, 0) is 86.2 Å². The summed E-state index contributed by atoms with van der Waals surface area (Å²) in [4.78, 5) is 65.0. The molecule has 6 atom stereocenters. The van der Waals surface area contributed by atoms with Crippen LogP contribution < -0.4 is 4.90 Å². The lowest BCUT2D eigenvalue weighted by Crippen LogP contribution is -2.49. The van der Waals surface area contributed by atoms with Gasteiger partial charge in [0, 0.05) is 60.0 Å². The highest BCUT2D eigenvalue weighted by molar-refractivity contribution is 7.22. The Balaban J connectivity index is 0.997. The van der Waals surface area contributed by atoms with Crippen molar-refractivity contribution < 1.29 is 28.7 Å². The number of nitrogens with zero attached hydrogens (tertiary/aromatic N) is 5. The number of thiophene rings is 1. The first-order valence-electron chi connectivity index (χ1n) is 20.3. The van der Waals surface area contributed by atoms with Crippen molar-refractivity contribution >= 4 is 62.5 Å². The third-order valence-corrected chi connectivity index (χ3v) is 15.6. The van der Waals surface area contributed by atoms with Crippen LogP contribution >= 0.6 is 22.9 Å². The Labute approximate surface area is 349 Å². The van der Waals surface area contributed by atoms with Crippen molar-refractivity contribution in [3.8, 4) is 16.3 Å². The number of allylic oxidation sites excluding steroid dienone is 2. The fourth-order valence-corrected chi connectivity index (χ4v) is 12.4. The van der Waals surface area contributed by atoms with Gasteiger partial charge in [0.05, 0.1) is 28.0 Å². The lowest BCUT2D eigenvalue weighted by atomic mass is 9.51. The number of likely N-dealkylation sites (tertiary alicyclic amines) is 2. The first-order chi connectivity index (χ1) is 28.4. The van der Waals surface area contributed by atoms with Crippen molar-refractivity contribution in [2.45, 2.75) is 58.0 Å². The number of hydrogen-bond acceptors (Lipinski definition) is 8. The number of phenols is 1. The molecule has 1 saturated carbocycles. The summed E-state index contributed by atoms with van der Waals surface area (Å²) in [5, 5.41) is 17.7. The minimum absolute atomic E-state index is 0.153. The highest BCUT2D eigenvalue weighted by atomic mass is 35.5. The zero-order chi connectivity index (χ0) is 41.1. The van der Waals surface area contributed by atoms with Crippen LogP contribution in [0.5, 0.6) is 5.75 Å². The molecule has 10 rings (SSSR count). The number of carbonyl (C=O) groups is 4. The molecule has 6 unspecified atom stereocenters. The van der Waals surface area contributed by atoms with Crippen LogP contribution in [0.3, 0.4) is 0 Å². The van der Waals surface area contributed by atoms with Gasteiger partial charge in [0.2, 0.25) is 23.6 Å². The Morgan fingerprint density at radius 1 is 0.949 bits per heavy atom. The molecule has 4 fully saturated rings. The van der Waals surface area contributed by atoms with Gasteiger partial charge in [-0.2, -0.15) is 5.10 Å². The Morgan fingerprint density at radius 2 is 1.71 bits per heavy atom. The molecule has 5 aromatic rings. The summed E-state index contributed by atoms with van der Waals surface area (Å²) < 4.78 is 17.8. The van der Waals surface area contributed by atoms with E-state index in [-0.39, 0.29) is 42.1 Å². The number of aryl methyl sites for hydroxylation is 2. The number of phenolic OH excluding ortho intramolecular Hbond substituents is 1. The van der Waals surface area contributed by atoms with E-state index in [2.05, 4.69) is 17.0 Å². The second-order valence-electron chi connectivity index (χ2n) is 17.1. The molecular formula is C46H43ClFN5O5S. The van der Waals surface area contributed by atoms with Gasteiger partial charge in [0.1, 0.15) is 11.5 Å². The van der Waals surface area contributed by atoms with Crippen LogP contribution in [-0.4, -0.2) is 67.4 Å². The summed E-state index contributed by atoms with van der Waals surface area (Å²) in [5.74, 6) is -6.33. The number of aromatic nitrogens is 2. The molecule has 13 heteroatoms. The van der Waals surface area contributed by atoms with Crippen molar-refractivity contribution in [2.24, 2.45) is 36.1 Å². The summed E-state index contributed by atoms with van der Waals surface area (Å²) in [6.07, 6.45) is 3.69. The first-order valence-corrected chi connectivity index (χ1v) is 21.5. The average Bonchev–Trinajstić information content (AvgIpc) is 3.90. The third kappa shape index (κ3) is 5.69. The van der Waals surface area contributed by atoms with Crippen molar-refractivity contribution in [3.05, 3.63) is 112 Å². The van der Waals surface area contributed by atoms with Crippen LogP contribution in [0.25, 0.3) is 20.7 Å². The number of halogens is 2. The number of imide groups is 2. The van der Waals surface area contributed by atoms with Crippen LogP contribution in [0.15, 0.2) is 84.4 Å². The Hall–Kier alpha value is -5.17. The molecule has 2 aromatic heterocycles. The Bertz CT molecular complexity index is 2630. The zero-order valence-electron chi connectivity index (χ0n) is 32.9. The fourth-order valence-electron chi connectivity index (χ4n) is 11.1. The lowest BCUT2D eigenvalue weighted by molar-refractivity contribution is -0.144. The maximum Gasteiger partial charge on any atom is 0.242 e. The molecule has 5 heterocycles. The fraction of sp³-hybridized carbons (Fsp3) is 0.370. The normalized spacial score (nSPS) is 27.4. The highest BCUT2D eigenvalue weighted by Crippen LogP contribution is 2.64. The summed E-state index contributed by atoms with van der Waals surface area (Å²) in [7, 11) is 1.69. The molecule has 3 aliphatic heterocycles. The van der Waals surface area contributed by atoms with Crippen molar-refractivity contribution in [1.29, 1.82) is 0 Å². The molecule has 5 aliphatic rings. The smallest absolute Gasteiger partial charge is 0.242 e. The summed E-state index contributed by atoms with van der Waals surface area (Å²) in [6.45, 7) is 6.02. The molecule has 302 valence electrons. The molecule has 10 nitrogen and oxygen atoms in total. The number of fused-ring (bicyclic) bond motifs is 5. The Morgan fingerprint density at radius 3 is 2.47 bits per heavy atom. The number of benzene rings is 3. The predicted octanol–water partition coefficient (Wildman–Crippen LogP) is 8.00. The summed E-state index contributed by atoms with van der Waals surface area (Å²) >= 11 is 7.87. The summed E-state index contributed by atoms with van der Waals surface area (Å²) in [6, 6.07) is 21.7. The monoisotopic (exact) mass is 831 g/mol. The highest BCUT2D eigenvalue weighted by Gasteiger charge is 2.68. The van der Waals surface area contributed by atoms with E-state index in [0.29, 0.717) is 29.1 Å². The molecule has 3 saturated heterocycles. The van der Waals surface area contributed by atoms with Crippen LogP contribution in [0, 0.1) is 41.8 Å². The molecule has 4 amide bonds. The SMILES string of the molecule is Cc1c(-c2cc(N3C(=O)C4CC5C(=CCC6C(=O)N(C7CCN(Cc8ccccc8)CC7)C(=O)C65)C(c5cccc(F)c5O)C4(C)C3=O)n(C)n2)sc2ccc(Cl)cc12. The van der Waals surface area contributed by atoms with E-state index >= 15 is 9.18 Å². The molecule has 0 spiro atoms. The zero-order valence-corrected chi connectivity index (χ0v) is 34.5. The maximum absolute atomic E-state index is 15.3. The van der Waals surface area contributed by atoms with Gasteiger partial charge < -0.3 is 5.11 Å². The van der Waals surface area contributed by atoms with Gasteiger partial charge in [0.25, 0.3) is 0 Å². The van der Waals surface area contributed by atoms with Gasteiger partial charge in [-0.25, -0.2) is 9.29 Å². The molecule has 1 N–H and O–H groups in total. The number of piperidine rings is 1. The largest absolute Gasteiger partial charge is 0.505 e. The van der Waals surface area contributed by atoms with E-state index in [0.717, 1.165) is 46.2 Å². The van der Waals surface area contributed by atoms with Gasteiger partial charge in [-0.3, -0.25) is 33.7 Å². The molecule has 0 radical (unpaired) electrons. The third-order valence-electron chi connectivity index (χ3n) is 14.0. The van der Waals surface area contributed by atoms with Gasteiger partial charge in [-0.15, -0.1) is 11.3 Å². The van der Waals surface area contributed by atoms with Gasteiger partial charge >= 0.3 is 0 Å². The van der Waals surface area contributed by atoms with E-state index in [1.807, 2.05) is 49.4 Å². The number of aromatic hydroxyl groups is 1. The molecule has 59 heavy (non-hydrogen) atoms.